The molecule has 1 aromatic carbocycles. The maximum absolute atomic E-state index is 12.2. The molecule has 112 valence electrons. The first-order chi connectivity index (χ1) is 9.20. The summed E-state index contributed by atoms with van der Waals surface area (Å²) in [4.78, 5) is 13.9. The Balaban J connectivity index is 0.00000200. The number of methoxy groups -OCH3 is 1. The van der Waals surface area contributed by atoms with Crippen molar-refractivity contribution in [3.63, 3.8) is 0 Å². The van der Waals surface area contributed by atoms with E-state index in [9.17, 15) is 4.79 Å². The van der Waals surface area contributed by atoms with Crippen molar-refractivity contribution >= 4 is 18.3 Å². The van der Waals surface area contributed by atoms with Gasteiger partial charge in [-0.05, 0) is 17.7 Å². The van der Waals surface area contributed by atoms with E-state index in [0.29, 0.717) is 19.7 Å². The van der Waals surface area contributed by atoms with E-state index >= 15 is 0 Å². The summed E-state index contributed by atoms with van der Waals surface area (Å²) in [6.07, 6.45) is -0.364. The molecule has 1 saturated heterocycles. The van der Waals surface area contributed by atoms with Crippen molar-refractivity contribution in [1.29, 1.82) is 0 Å². The van der Waals surface area contributed by atoms with E-state index in [1.54, 1.807) is 19.1 Å². The Kier molecular flexibility index (Phi) is 6.78. The average molecular weight is 301 g/mol. The molecule has 1 fully saturated rings. The molecule has 1 amide bonds. The van der Waals surface area contributed by atoms with E-state index in [1.165, 1.54) is 0 Å². The molecule has 1 unspecified atom stereocenters. The molecule has 0 aromatic heterocycles. The Bertz CT molecular complexity index is 419. The lowest BCUT2D eigenvalue weighted by atomic mass is 10.2. The SMILES string of the molecule is COc1ccc(CN(C)C(=O)C2CNCCO2)cc1.Cl. The van der Waals surface area contributed by atoms with Crippen LogP contribution >= 0.6 is 12.4 Å². The van der Waals surface area contributed by atoms with Crippen LogP contribution in [0.4, 0.5) is 0 Å². The van der Waals surface area contributed by atoms with Gasteiger partial charge in [0, 0.05) is 26.7 Å². The first-order valence-electron chi connectivity index (χ1n) is 6.41. The van der Waals surface area contributed by atoms with Gasteiger partial charge in [0.15, 0.2) is 0 Å². The highest BCUT2D eigenvalue weighted by atomic mass is 35.5. The highest BCUT2D eigenvalue weighted by molar-refractivity contribution is 5.85. The van der Waals surface area contributed by atoms with Crippen molar-refractivity contribution in [2.75, 3.05) is 33.9 Å². The van der Waals surface area contributed by atoms with Crippen LogP contribution in [0.25, 0.3) is 0 Å². The molecule has 0 aliphatic carbocycles. The second-order valence-electron chi connectivity index (χ2n) is 4.61. The minimum Gasteiger partial charge on any atom is -0.497 e. The summed E-state index contributed by atoms with van der Waals surface area (Å²) in [5.41, 5.74) is 1.07. The molecule has 20 heavy (non-hydrogen) atoms. The summed E-state index contributed by atoms with van der Waals surface area (Å²) in [5, 5.41) is 3.16. The first-order valence-corrected chi connectivity index (χ1v) is 6.41. The normalized spacial score (nSPS) is 18.0. The third kappa shape index (κ3) is 4.37. The molecule has 1 heterocycles. The molecule has 6 heteroatoms. The maximum atomic E-state index is 12.2. The molecule has 2 rings (SSSR count). The monoisotopic (exact) mass is 300 g/mol. The molecule has 0 bridgehead atoms. The predicted octanol–water partition coefficient (Wildman–Crippen LogP) is 1.06. The minimum atomic E-state index is -0.364. The number of carbonyl (C=O) groups excluding carboxylic acids is 1. The van der Waals surface area contributed by atoms with Crippen LogP contribution < -0.4 is 10.1 Å². The number of nitrogens with zero attached hydrogens (tertiary/aromatic N) is 1. The highest BCUT2D eigenvalue weighted by Gasteiger charge is 2.24. The molecule has 1 aromatic rings. The van der Waals surface area contributed by atoms with Crippen LogP contribution in [-0.2, 0) is 16.1 Å². The van der Waals surface area contributed by atoms with Gasteiger partial charge in [-0.3, -0.25) is 4.79 Å². The smallest absolute Gasteiger partial charge is 0.253 e. The Morgan fingerprint density at radius 1 is 1.45 bits per heavy atom. The van der Waals surface area contributed by atoms with Gasteiger partial charge >= 0.3 is 0 Å². The van der Waals surface area contributed by atoms with E-state index in [-0.39, 0.29) is 24.4 Å². The summed E-state index contributed by atoms with van der Waals surface area (Å²) >= 11 is 0. The maximum Gasteiger partial charge on any atom is 0.253 e. The van der Waals surface area contributed by atoms with E-state index < -0.39 is 0 Å². The number of hydrogen-bond donors (Lipinski definition) is 1. The van der Waals surface area contributed by atoms with Gasteiger partial charge in [-0.15, -0.1) is 12.4 Å². The number of benzene rings is 1. The third-order valence-electron chi connectivity index (χ3n) is 3.16. The van der Waals surface area contributed by atoms with Gasteiger partial charge in [0.25, 0.3) is 5.91 Å². The summed E-state index contributed by atoms with van der Waals surface area (Å²) in [6, 6.07) is 7.71. The van der Waals surface area contributed by atoms with Crippen molar-refractivity contribution in [1.82, 2.24) is 10.2 Å². The van der Waals surface area contributed by atoms with Crippen LogP contribution in [0.2, 0.25) is 0 Å². The van der Waals surface area contributed by atoms with Gasteiger partial charge in [0.2, 0.25) is 0 Å². The average Bonchev–Trinajstić information content (AvgIpc) is 2.48. The zero-order chi connectivity index (χ0) is 13.7. The van der Waals surface area contributed by atoms with Crippen LogP contribution in [0.3, 0.4) is 0 Å². The third-order valence-corrected chi connectivity index (χ3v) is 3.16. The molecule has 1 aliphatic heterocycles. The molecule has 5 nitrogen and oxygen atoms in total. The van der Waals surface area contributed by atoms with Gasteiger partial charge in [-0.25, -0.2) is 0 Å². The Labute approximate surface area is 125 Å². The number of ether oxygens (including phenoxy) is 2. The Morgan fingerprint density at radius 2 is 2.15 bits per heavy atom. The Hall–Kier alpha value is -1.30. The van der Waals surface area contributed by atoms with Crippen molar-refractivity contribution in [2.45, 2.75) is 12.6 Å². The molecule has 0 spiro atoms. The number of morpholine rings is 1. The van der Waals surface area contributed by atoms with Crippen LogP contribution in [0.15, 0.2) is 24.3 Å². The number of carbonyl (C=O) groups is 1. The number of nitrogens with one attached hydrogen (secondary N) is 1. The topological polar surface area (TPSA) is 50.8 Å². The second kappa shape index (κ2) is 8.09. The highest BCUT2D eigenvalue weighted by Crippen LogP contribution is 2.13. The molecule has 1 N–H and O–H groups in total. The largest absolute Gasteiger partial charge is 0.497 e. The zero-order valence-corrected chi connectivity index (χ0v) is 12.6. The van der Waals surface area contributed by atoms with Crippen LogP contribution in [-0.4, -0.2) is 50.8 Å². The van der Waals surface area contributed by atoms with E-state index in [2.05, 4.69) is 5.32 Å². The fraction of sp³-hybridized carbons (Fsp3) is 0.500. The zero-order valence-electron chi connectivity index (χ0n) is 11.8. The summed E-state index contributed by atoms with van der Waals surface area (Å²) in [5.74, 6) is 0.834. The predicted molar refractivity (Wildman–Crippen MR) is 79.3 cm³/mol. The summed E-state index contributed by atoms with van der Waals surface area (Å²) in [7, 11) is 3.43. The van der Waals surface area contributed by atoms with Crippen LogP contribution in [0, 0.1) is 0 Å². The standard InChI is InChI=1S/C14H20N2O3.ClH/c1-16(14(17)13-9-15-7-8-19-13)10-11-3-5-12(18-2)6-4-11;/h3-6,13,15H,7-10H2,1-2H3;1H. The number of hydrogen-bond acceptors (Lipinski definition) is 4. The fourth-order valence-corrected chi connectivity index (χ4v) is 2.05. The molecule has 1 aliphatic rings. The lowest BCUT2D eigenvalue weighted by Gasteiger charge is -2.27. The van der Waals surface area contributed by atoms with Crippen molar-refractivity contribution < 1.29 is 14.3 Å². The molecular formula is C14H21ClN2O3. The quantitative estimate of drug-likeness (QED) is 0.903. The van der Waals surface area contributed by atoms with Crippen molar-refractivity contribution in [2.24, 2.45) is 0 Å². The molecule has 0 radical (unpaired) electrons. The fourth-order valence-electron chi connectivity index (χ4n) is 2.05. The Morgan fingerprint density at radius 3 is 2.70 bits per heavy atom. The van der Waals surface area contributed by atoms with Gasteiger partial charge < -0.3 is 19.7 Å². The molecule has 0 saturated carbocycles. The lowest BCUT2D eigenvalue weighted by Crippen LogP contribution is -2.48. The molecule has 1 atom stereocenters. The lowest BCUT2D eigenvalue weighted by molar-refractivity contribution is -0.144. The summed E-state index contributed by atoms with van der Waals surface area (Å²) in [6.45, 7) is 2.56. The van der Waals surface area contributed by atoms with Crippen LogP contribution in [0.5, 0.6) is 5.75 Å². The van der Waals surface area contributed by atoms with E-state index in [4.69, 9.17) is 9.47 Å². The van der Waals surface area contributed by atoms with Crippen molar-refractivity contribution in [3.05, 3.63) is 29.8 Å². The summed E-state index contributed by atoms with van der Waals surface area (Å²) < 4.78 is 10.6. The number of amides is 1. The van der Waals surface area contributed by atoms with Gasteiger partial charge in [0.1, 0.15) is 11.9 Å². The van der Waals surface area contributed by atoms with Gasteiger partial charge in [-0.1, -0.05) is 12.1 Å². The van der Waals surface area contributed by atoms with E-state index in [1.807, 2.05) is 24.3 Å². The van der Waals surface area contributed by atoms with Gasteiger partial charge in [-0.2, -0.15) is 0 Å². The number of likely N-dealkylation sites (N-methyl/N-ethyl adjacent to an activating group) is 1. The number of rotatable bonds is 4. The minimum absolute atomic E-state index is 0. The van der Waals surface area contributed by atoms with E-state index in [0.717, 1.165) is 17.9 Å². The molecular weight excluding hydrogens is 280 g/mol. The second-order valence-corrected chi connectivity index (χ2v) is 4.61. The number of halogens is 1. The van der Waals surface area contributed by atoms with Gasteiger partial charge in [0.05, 0.1) is 13.7 Å². The van der Waals surface area contributed by atoms with Crippen LogP contribution in [0.1, 0.15) is 5.56 Å². The van der Waals surface area contributed by atoms with Crippen molar-refractivity contribution in [3.8, 4) is 5.75 Å². The first kappa shape index (κ1) is 16.8.